The fourth-order valence-electron chi connectivity index (χ4n) is 3.04. The van der Waals surface area contributed by atoms with E-state index in [1.165, 1.54) is 11.8 Å². The summed E-state index contributed by atoms with van der Waals surface area (Å²) in [6.07, 6.45) is 1.96. The Morgan fingerprint density at radius 2 is 1.75 bits per heavy atom. The molecular weight excluding hydrogens is 370 g/mol. The summed E-state index contributed by atoms with van der Waals surface area (Å²) >= 11 is 1.41. The molecule has 0 saturated heterocycles. The van der Waals surface area contributed by atoms with Crippen molar-refractivity contribution in [3.8, 4) is 0 Å². The molecule has 0 radical (unpaired) electrons. The zero-order valence-corrected chi connectivity index (χ0v) is 15.9. The third kappa shape index (κ3) is 4.23. The summed E-state index contributed by atoms with van der Waals surface area (Å²) in [6.45, 7) is 0.625. The van der Waals surface area contributed by atoms with Gasteiger partial charge in [-0.05, 0) is 29.8 Å². The van der Waals surface area contributed by atoms with Gasteiger partial charge in [0.2, 0.25) is 11.8 Å². The van der Waals surface area contributed by atoms with Crippen molar-refractivity contribution in [2.75, 3.05) is 5.32 Å². The molecule has 2 aromatic carbocycles. The van der Waals surface area contributed by atoms with E-state index in [1.807, 2.05) is 83.6 Å². The van der Waals surface area contributed by atoms with E-state index >= 15 is 0 Å². The lowest BCUT2D eigenvalue weighted by atomic mass is 10.2. The van der Waals surface area contributed by atoms with Gasteiger partial charge in [0.25, 0.3) is 0 Å². The molecule has 4 rings (SSSR count). The van der Waals surface area contributed by atoms with Crippen LogP contribution in [0.15, 0.2) is 88.9 Å². The molecule has 2 amide bonds. The molecule has 1 N–H and O–H groups in total. The third-order valence-electron chi connectivity index (χ3n) is 4.42. The highest BCUT2D eigenvalue weighted by atomic mass is 32.2. The van der Waals surface area contributed by atoms with Crippen LogP contribution in [-0.4, -0.2) is 21.6 Å². The molecular formula is C22H19N3O2S. The Balaban J connectivity index is 1.52. The number of rotatable bonds is 4. The van der Waals surface area contributed by atoms with Gasteiger partial charge >= 0.3 is 0 Å². The van der Waals surface area contributed by atoms with Crippen molar-refractivity contribution in [1.82, 2.24) is 4.57 Å². The van der Waals surface area contributed by atoms with Crippen molar-refractivity contribution in [3.63, 3.8) is 0 Å². The van der Waals surface area contributed by atoms with Gasteiger partial charge in [0.15, 0.2) is 0 Å². The van der Waals surface area contributed by atoms with E-state index in [9.17, 15) is 9.59 Å². The van der Waals surface area contributed by atoms with Gasteiger partial charge in [0.1, 0.15) is 5.49 Å². The molecule has 6 heteroatoms. The van der Waals surface area contributed by atoms with E-state index in [-0.39, 0.29) is 18.2 Å². The van der Waals surface area contributed by atoms with Crippen LogP contribution in [0, 0.1) is 0 Å². The fourth-order valence-corrected chi connectivity index (χ4v) is 4.14. The molecule has 0 spiro atoms. The van der Waals surface area contributed by atoms with Crippen molar-refractivity contribution in [3.05, 3.63) is 90.0 Å². The minimum atomic E-state index is -0.475. The molecule has 1 aliphatic heterocycles. The van der Waals surface area contributed by atoms with Crippen LogP contribution < -0.4 is 10.8 Å². The SMILES string of the molecule is O=C(CC1Sc2ccccc2NC1=O)N=c1ccccn1Cc1ccccc1. The van der Waals surface area contributed by atoms with Gasteiger partial charge in [-0.1, -0.05) is 48.5 Å². The summed E-state index contributed by atoms with van der Waals surface area (Å²) in [7, 11) is 0. The molecule has 28 heavy (non-hydrogen) atoms. The second-order valence-corrected chi connectivity index (χ2v) is 7.72. The Hall–Kier alpha value is -3.12. The van der Waals surface area contributed by atoms with Crippen molar-refractivity contribution >= 4 is 29.3 Å². The lowest BCUT2D eigenvalue weighted by Crippen LogP contribution is -2.31. The minimum absolute atomic E-state index is 0.0606. The second kappa shape index (κ2) is 8.27. The van der Waals surface area contributed by atoms with Crippen molar-refractivity contribution < 1.29 is 9.59 Å². The number of nitrogens with one attached hydrogen (secondary N) is 1. The molecule has 0 saturated carbocycles. The smallest absolute Gasteiger partial charge is 0.249 e. The molecule has 0 fully saturated rings. The predicted octanol–water partition coefficient (Wildman–Crippen LogP) is 3.47. The van der Waals surface area contributed by atoms with Crippen LogP contribution in [0.2, 0.25) is 0 Å². The van der Waals surface area contributed by atoms with E-state index in [4.69, 9.17) is 0 Å². The lowest BCUT2D eigenvalue weighted by molar-refractivity contribution is -0.122. The van der Waals surface area contributed by atoms with Crippen LogP contribution in [0.1, 0.15) is 12.0 Å². The van der Waals surface area contributed by atoms with Gasteiger partial charge in [0.05, 0.1) is 17.4 Å². The topological polar surface area (TPSA) is 63.5 Å². The molecule has 0 aliphatic carbocycles. The molecule has 1 atom stereocenters. The van der Waals surface area contributed by atoms with Crippen LogP contribution >= 0.6 is 11.8 Å². The summed E-state index contributed by atoms with van der Waals surface area (Å²) in [4.78, 5) is 30.1. The first-order valence-corrected chi connectivity index (χ1v) is 9.90. The number of hydrogen-bond acceptors (Lipinski definition) is 3. The number of anilines is 1. The van der Waals surface area contributed by atoms with Crippen molar-refractivity contribution in [1.29, 1.82) is 0 Å². The van der Waals surface area contributed by atoms with Gasteiger partial charge in [0, 0.05) is 17.6 Å². The summed E-state index contributed by atoms with van der Waals surface area (Å²) in [5.74, 6) is -0.461. The van der Waals surface area contributed by atoms with E-state index in [0.717, 1.165) is 16.1 Å². The van der Waals surface area contributed by atoms with Gasteiger partial charge < -0.3 is 9.88 Å². The number of pyridine rings is 1. The summed E-state index contributed by atoms with van der Waals surface area (Å²) in [5.41, 5.74) is 2.50. The van der Waals surface area contributed by atoms with Crippen LogP contribution in [0.5, 0.6) is 0 Å². The van der Waals surface area contributed by atoms with Crippen LogP contribution in [0.4, 0.5) is 5.69 Å². The number of carbonyl (C=O) groups excluding carboxylic acids is 2. The molecule has 0 bridgehead atoms. The monoisotopic (exact) mass is 389 g/mol. The Labute approximate surface area is 167 Å². The Bertz CT molecular complexity index is 1080. The number of aromatic nitrogens is 1. The van der Waals surface area contributed by atoms with Gasteiger partial charge in [-0.3, -0.25) is 9.59 Å². The van der Waals surface area contributed by atoms with Crippen LogP contribution in [0.3, 0.4) is 0 Å². The molecule has 140 valence electrons. The lowest BCUT2D eigenvalue weighted by Gasteiger charge is -2.22. The highest BCUT2D eigenvalue weighted by Crippen LogP contribution is 2.36. The average molecular weight is 389 g/mol. The largest absolute Gasteiger partial charge is 0.329 e. The number of hydrogen-bond donors (Lipinski definition) is 1. The van der Waals surface area contributed by atoms with E-state index in [2.05, 4.69) is 10.3 Å². The van der Waals surface area contributed by atoms with Gasteiger partial charge in [-0.15, -0.1) is 11.8 Å². The number of thioether (sulfide) groups is 1. The van der Waals surface area contributed by atoms with Crippen molar-refractivity contribution in [2.45, 2.75) is 23.1 Å². The number of benzene rings is 2. The fraction of sp³-hybridized carbons (Fsp3) is 0.136. The highest BCUT2D eigenvalue weighted by molar-refractivity contribution is 8.01. The first-order valence-electron chi connectivity index (χ1n) is 9.02. The average Bonchev–Trinajstić information content (AvgIpc) is 2.71. The third-order valence-corrected chi connectivity index (χ3v) is 5.69. The number of fused-ring (bicyclic) bond motifs is 1. The summed E-state index contributed by atoms with van der Waals surface area (Å²) in [5, 5.41) is 2.39. The Morgan fingerprint density at radius 3 is 2.61 bits per heavy atom. The number of amides is 2. The number of para-hydroxylation sites is 1. The zero-order valence-electron chi connectivity index (χ0n) is 15.1. The van der Waals surface area contributed by atoms with E-state index in [1.54, 1.807) is 0 Å². The standard InChI is InChI=1S/C22H19N3O2S/c26-21(14-19-22(27)23-17-10-4-5-11-18(17)28-19)24-20-12-6-7-13-25(20)15-16-8-2-1-3-9-16/h1-13,19H,14-15H2,(H,23,27). The quantitative estimate of drug-likeness (QED) is 0.743. The van der Waals surface area contributed by atoms with Gasteiger partial charge in [-0.25, -0.2) is 0 Å². The Morgan fingerprint density at radius 1 is 1.00 bits per heavy atom. The summed E-state index contributed by atoms with van der Waals surface area (Å²) < 4.78 is 1.93. The molecule has 1 aliphatic rings. The van der Waals surface area contributed by atoms with E-state index in [0.29, 0.717) is 12.0 Å². The van der Waals surface area contributed by atoms with Crippen LogP contribution in [0.25, 0.3) is 0 Å². The van der Waals surface area contributed by atoms with Crippen molar-refractivity contribution in [2.24, 2.45) is 4.99 Å². The highest BCUT2D eigenvalue weighted by Gasteiger charge is 2.28. The Kier molecular flexibility index (Phi) is 5.39. The normalized spacial score (nSPS) is 16.4. The van der Waals surface area contributed by atoms with E-state index < -0.39 is 5.25 Å². The first-order chi connectivity index (χ1) is 13.7. The van der Waals surface area contributed by atoms with Crippen LogP contribution in [-0.2, 0) is 16.1 Å². The zero-order chi connectivity index (χ0) is 19.3. The predicted molar refractivity (Wildman–Crippen MR) is 110 cm³/mol. The molecule has 5 nitrogen and oxygen atoms in total. The maximum Gasteiger partial charge on any atom is 0.249 e. The minimum Gasteiger partial charge on any atom is -0.329 e. The molecule has 2 heterocycles. The maximum absolute atomic E-state index is 12.6. The second-order valence-electron chi connectivity index (χ2n) is 6.47. The number of nitrogens with zero attached hydrogens (tertiary/aromatic N) is 2. The molecule has 3 aromatic rings. The molecule has 1 aromatic heterocycles. The summed E-state index contributed by atoms with van der Waals surface area (Å²) in [6, 6.07) is 23.2. The number of carbonyl (C=O) groups is 2. The molecule has 1 unspecified atom stereocenters. The first kappa shape index (κ1) is 18.3. The maximum atomic E-state index is 12.6. The van der Waals surface area contributed by atoms with Gasteiger partial charge in [-0.2, -0.15) is 4.99 Å².